The summed E-state index contributed by atoms with van der Waals surface area (Å²) in [4.78, 5) is 25.1. The minimum absolute atomic E-state index is 0.0448. The third kappa shape index (κ3) is 2.67. The highest BCUT2D eigenvalue weighted by Crippen LogP contribution is 2.39. The number of carboxylic acids is 1. The Kier molecular flexibility index (Phi) is 3.25. The van der Waals surface area contributed by atoms with Gasteiger partial charge in [-0.2, -0.15) is 0 Å². The molecule has 0 spiro atoms. The van der Waals surface area contributed by atoms with Crippen LogP contribution in [-0.2, 0) is 0 Å². The van der Waals surface area contributed by atoms with E-state index in [2.05, 4.69) is 20.5 Å². The van der Waals surface area contributed by atoms with Crippen LogP contribution in [0.15, 0.2) is 22.3 Å². The van der Waals surface area contributed by atoms with Crippen molar-refractivity contribution in [3.63, 3.8) is 0 Å². The first-order valence-corrected chi connectivity index (χ1v) is 6.72. The zero-order valence-corrected chi connectivity index (χ0v) is 11.2. The van der Waals surface area contributed by atoms with E-state index < -0.39 is 10.9 Å². The van der Waals surface area contributed by atoms with E-state index in [1.165, 1.54) is 0 Å². The lowest BCUT2D eigenvalue weighted by Gasteiger charge is -2.03. The summed E-state index contributed by atoms with van der Waals surface area (Å²) in [7, 11) is 0. The maximum atomic E-state index is 11.0. The van der Waals surface area contributed by atoms with E-state index in [-0.39, 0.29) is 22.4 Å². The Hall–Kier alpha value is -2.56. The lowest BCUT2D eigenvalue weighted by atomic mass is 10.3. The molecule has 0 unspecified atom stereocenters. The van der Waals surface area contributed by atoms with Crippen LogP contribution in [0, 0.1) is 10.1 Å². The van der Waals surface area contributed by atoms with E-state index in [1.807, 2.05) is 0 Å². The monoisotopic (exact) mass is 308 g/mol. The zero-order valence-electron chi connectivity index (χ0n) is 10.4. The molecule has 21 heavy (non-hydrogen) atoms. The van der Waals surface area contributed by atoms with Gasteiger partial charge in [0.15, 0.2) is 5.03 Å². The number of aromatic carboxylic acids is 1. The molecule has 0 atom stereocenters. The van der Waals surface area contributed by atoms with Crippen LogP contribution in [-0.4, -0.2) is 41.2 Å². The van der Waals surface area contributed by atoms with Crippen molar-refractivity contribution in [2.75, 3.05) is 0 Å². The first kappa shape index (κ1) is 13.4. The summed E-state index contributed by atoms with van der Waals surface area (Å²) in [5, 5.41) is 31.4. The molecule has 2 aromatic heterocycles. The lowest BCUT2D eigenvalue weighted by molar-refractivity contribution is -0.388. The summed E-state index contributed by atoms with van der Waals surface area (Å²) < 4.78 is 1.57. The van der Waals surface area contributed by atoms with Crippen LogP contribution in [0.25, 0.3) is 0 Å². The zero-order chi connectivity index (χ0) is 15.0. The van der Waals surface area contributed by atoms with E-state index in [0.717, 1.165) is 36.7 Å². The Balaban J connectivity index is 1.99. The molecule has 0 aliphatic heterocycles. The second-order valence-electron chi connectivity index (χ2n) is 4.32. The Morgan fingerprint density at radius 3 is 2.86 bits per heavy atom. The largest absolute Gasteiger partial charge is 0.477 e. The molecule has 0 aromatic carbocycles. The highest BCUT2D eigenvalue weighted by molar-refractivity contribution is 7.99. The molecule has 2 aromatic rings. The van der Waals surface area contributed by atoms with Gasteiger partial charge in [-0.25, -0.2) is 14.5 Å². The summed E-state index contributed by atoms with van der Waals surface area (Å²) in [6.45, 7) is 0. The predicted octanol–water partition coefficient (Wildman–Crippen LogP) is 1.16. The Morgan fingerprint density at radius 1 is 1.48 bits per heavy atom. The smallest absolute Gasteiger partial charge is 0.354 e. The number of rotatable bonds is 5. The van der Waals surface area contributed by atoms with Crippen molar-refractivity contribution < 1.29 is 14.8 Å². The maximum absolute atomic E-state index is 11.0. The molecule has 1 saturated carbocycles. The number of hydrogen-bond acceptors (Lipinski definition) is 8. The third-order valence-electron chi connectivity index (χ3n) is 2.80. The Bertz CT molecular complexity index is 728. The molecule has 1 aliphatic carbocycles. The van der Waals surface area contributed by atoms with Crippen molar-refractivity contribution in [2.45, 2.75) is 29.1 Å². The van der Waals surface area contributed by atoms with Gasteiger partial charge in [-0.3, -0.25) is 10.1 Å². The van der Waals surface area contributed by atoms with Gasteiger partial charge in [0, 0.05) is 6.07 Å². The van der Waals surface area contributed by atoms with E-state index >= 15 is 0 Å². The Morgan fingerprint density at radius 2 is 2.24 bits per heavy atom. The Labute approximate surface area is 121 Å². The fourth-order valence-electron chi connectivity index (χ4n) is 1.65. The number of nitrogens with zero attached hydrogens (tertiary/aromatic N) is 6. The molecular formula is C10H8N6O4S. The van der Waals surface area contributed by atoms with E-state index in [4.69, 9.17) is 5.11 Å². The molecule has 3 rings (SSSR count). The van der Waals surface area contributed by atoms with Gasteiger partial charge >= 0.3 is 11.7 Å². The standard InChI is InChI=1S/C10H8N6O4S/c17-9(18)6-3-4-7(16(19)20)8(11-6)21-10-12-13-14-15(10)5-1-2-5/h3-5H,1-2H2,(H,17,18). The first-order valence-electron chi connectivity index (χ1n) is 5.90. The maximum Gasteiger partial charge on any atom is 0.354 e. The van der Waals surface area contributed by atoms with Gasteiger partial charge in [0.2, 0.25) is 5.16 Å². The van der Waals surface area contributed by atoms with Gasteiger partial charge in [0.1, 0.15) is 5.69 Å². The number of hydrogen-bond donors (Lipinski definition) is 1. The summed E-state index contributed by atoms with van der Waals surface area (Å²) in [5.74, 6) is -1.26. The molecule has 10 nitrogen and oxygen atoms in total. The van der Waals surface area contributed by atoms with Gasteiger partial charge in [-0.15, -0.1) is 5.10 Å². The van der Waals surface area contributed by atoms with Crippen LogP contribution in [0.3, 0.4) is 0 Å². The first-order chi connectivity index (χ1) is 10.1. The quantitative estimate of drug-likeness (QED) is 0.636. The van der Waals surface area contributed by atoms with Crippen molar-refractivity contribution in [3.8, 4) is 0 Å². The molecule has 1 aliphatic rings. The van der Waals surface area contributed by atoms with Crippen LogP contribution in [0.4, 0.5) is 5.69 Å². The summed E-state index contributed by atoms with van der Waals surface area (Å²) >= 11 is 0.886. The van der Waals surface area contributed by atoms with Crippen LogP contribution in [0.2, 0.25) is 0 Å². The van der Waals surface area contributed by atoms with Crippen LogP contribution < -0.4 is 0 Å². The fourth-order valence-corrected chi connectivity index (χ4v) is 2.57. The minimum Gasteiger partial charge on any atom is -0.477 e. The fraction of sp³-hybridized carbons (Fsp3) is 0.300. The lowest BCUT2D eigenvalue weighted by Crippen LogP contribution is -2.04. The summed E-state index contributed by atoms with van der Waals surface area (Å²) in [6.07, 6.45) is 1.90. The highest BCUT2D eigenvalue weighted by Gasteiger charge is 2.29. The van der Waals surface area contributed by atoms with Crippen molar-refractivity contribution in [1.82, 2.24) is 25.2 Å². The molecule has 0 amide bonds. The summed E-state index contributed by atoms with van der Waals surface area (Å²) in [5.41, 5.74) is -0.552. The average Bonchev–Trinajstić information content (AvgIpc) is 3.19. The third-order valence-corrected chi connectivity index (χ3v) is 3.74. The van der Waals surface area contributed by atoms with Crippen molar-refractivity contribution in [1.29, 1.82) is 0 Å². The van der Waals surface area contributed by atoms with Gasteiger partial charge in [-0.05, 0) is 41.1 Å². The van der Waals surface area contributed by atoms with E-state index in [1.54, 1.807) is 4.68 Å². The van der Waals surface area contributed by atoms with E-state index in [9.17, 15) is 14.9 Å². The molecular weight excluding hydrogens is 300 g/mol. The number of nitro groups is 1. The molecule has 11 heteroatoms. The number of pyridine rings is 1. The molecule has 108 valence electrons. The van der Waals surface area contributed by atoms with Gasteiger partial charge in [-0.1, -0.05) is 0 Å². The number of carboxylic acid groups (broad SMARTS) is 1. The van der Waals surface area contributed by atoms with Crippen LogP contribution in [0.1, 0.15) is 29.4 Å². The molecule has 1 fully saturated rings. The van der Waals surface area contributed by atoms with Crippen molar-refractivity contribution >= 4 is 23.4 Å². The van der Waals surface area contributed by atoms with Gasteiger partial charge in [0.25, 0.3) is 0 Å². The summed E-state index contributed by atoms with van der Waals surface area (Å²) in [6, 6.07) is 2.41. The molecule has 0 bridgehead atoms. The van der Waals surface area contributed by atoms with Crippen molar-refractivity contribution in [3.05, 3.63) is 27.9 Å². The number of carbonyl (C=O) groups is 1. The second kappa shape index (κ2) is 5.09. The molecule has 0 radical (unpaired) electrons. The second-order valence-corrected chi connectivity index (χ2v) is 5.28. The predicted molar refractivity (Wildman–Crippen MR) is 68.1 cm³/mol. The SMILES string of the molecule is O=C(O)c1ccc([N+](=O)[O-])c(Sc2nnnn2C2CC2)n1. The number of aromatic nitrogens is 5. The van der Waals surface area contributed by atoms with Gasteiger partial charge in [0.05, 0.1) is 11.0 Å². The molecule has 1 N–H and O–H groups in total. The van der Waals surface area contributed by atoms with Crippen LogP contribution in [0.5, 0.6) is 0 Å². The number of tetrazole rings is 1. The topological polar surface area (TPSA) is 137 Å². The van der Waals surface area contributed by atoms with Crippen molar-refractivity contribution in [2.24, 2.45) is 0 Å². The molecule has 0 saturated heterocycles. The average molecular weight is 308 g/mol. The minimum atomic E-state index is -1.26. The van der Waals surface area contributed by atoms with Gasteiger partial charge < -0.3 is 5.11 Å². The highest BCUT2D eigenvalue weighted by atomic mass is 32.2. The van der Waals surface area contributed by atoms with Crippen LogP contribution >= 0.6 is 11.8 Å². The molecule has 2 heterocycles. The van der Waals surface area contributed by atoms with E-state index in [0.29, 0.717) is 5.16 Å². The normalized spacial score (nSPS) is 14.1.